The summed E-state index contributed by atoms with van der Waals surface area (Å²) < 4.78 is 7.23. The van der Waals surface area contributed by atoms with Crippen LogP contribution in [0.15, 0.2) is 59.8 Å². The maximum Gasteiger partial charge on any atom is 0.170 e. The molecule has 0 aliphatic heterocycles. The van der Waals surface area contributed by atoms with E-state index in [1.807, 2.05) is 59.2 Å². The average molecular weight is 282 g/mol. The van der Waals surface area contributed by atoms with Crippen LogP contribution in [0.2, 0.25) is 0 Å². The molecule has 4 nitrogen and oxygen atoms in total. The number of nitrogens with zero attached hydrogens (tertiary/aromatic N) is 3. The molecule has 1 aromatic heterocycles. The molecule has 0 saturated carbocycles. The van der Waals surface area contributed by atoms with Crippen molar-refractivity contribution in [1.82, 2.24) is 14.8 Å². The fraction of sp³-hybridized carbons (Fsp3) is 0.0667. The van der Waals surface area contributed by atoms with Gasteiger partial charge in [-0.3, -0.25) is 4.57 Å². The van der Waals surface area contributed by atoms with E-state index in [-0.39, 0.29) is 0 Å². The molecule has 0 aliphatic rings. The Morgan fingerprint density at radius 1 is 0.950 bits per heavy atom. The SMILES string of the molecule is COc1ccccc1-c1nnc([S-])n1-c1ccccc1. The monoisotopic (exact) mass is 282 g/mol. The molecule has 0 spiro atoms. The maximum absolute atomic E-state index is 5.38. The van der Waals surface area contributed by atoms with Crippen LogP contribution in [0.4, 0.5) is 0 Å². The van der Waals surface area contributed by atoms with Gasteiger partial charge in [-0.05, 0) is 24.3 Å². The molecule has 0 aliphatic carbocycles. The van der Waals surface area contributed by atoms with Gasteiger partial charge in [0.05, 0.1) is 12.7 Å². The van der Waals surface area contributed by atoms with Crippen LogP contribution in [-0.4, -0.2) is 21.9 Å². The Morgan fingerprint density at radius 3 is 2.40 bits per heavy atom. The van der Waals surface area contributed by atoms with E-state index in [9.17, 15) is 0 Å². The molecule has 1 heterocycles. The lowest BCUT2D eigenvalue weighted by Crippen LogP contribution is -2.00. The van der Waals surface area contributed by atoms with Gasteiger partial charge in [0.25, 0.3) is 0 Å². The van der Waals surface area contributed by atoms with Crippen molar-refractivity contribution in [3.05, 3.63) is 54.6 Å². The van der Waals surface area contributed by atoms with Crippen molar-refractivity contribution in [1.29, 1.82) is 0 Å². The van der Waals surface area contributed by atoms with Gasteiger partial charge in [0.1, 0.15) is 5.75 Å². The van der Waals surface area contributed by atoms with Crippen LogP contribution in [0.3, 0.4) is 0 Å². The van der Waals surface area contributed by atoms with Crippen molar-refractivity contribution in [3.8, 4) is 22.8 Å². The summed E-state index contributed by atoms with van der Waals surface area (Å²) in [5.74, 6) is 1.42. The number of benzene rings is 2. The summed E-state index contributed by atoms with van der Waals surface area (Å²) in [4.78, 5) is 0. The van der Waals surface area contributed by atoms with Crippen LogP contribution < -0.4 is 4.74 Å². The number of rotatable bonds is 3. The van der Waals surface area contributed by atoms with Gasteiger partial charge in [-0.15, -0.1) is 5.10 Å². The molecule has 2 aromatic carbocycles. The van der Waals surface area contributed by atoms with Gasteiger partial charge in [-0.1, -0.05) is 30.3 Å². The number of aromatic nitrogens is 3. The molecule has 3 rings (SSSR count). The van der Waals surface area contributed by atoms with Gasteiger partial charge in [-0.25, -0.2) is 0 Å². The standard InChI is InChI=1S/C15H13N3OS/c1-19-13-10-6-5-9-12(13)14-16-17-15(20)18(14)11-7-3-2-4-8-11/h2-10H,1H3,(H,17,20)/p-1. The minimum atomic E-state index is 0.428. The van der Waals surface area contributed by atoms with Gasteiger partial charge in [0.2, 0.25) is 0 Å². The van der Waals surface area contributed by atoms with E-state index in [1.54, 1.807) is 7.11 Å². The predicted molar refractivity (Wildman–Crippen MR) is 79.0 cm³/mol. The molecule has 0 saturated heterocycles. The molecular formula is C15H12N3OS-. The Hall–Kier alpha value is -2.40. The van der Waals surface area contributed by atoms with Crippen LogP contribution in [0.25, 0.3) is 17.1 Å². The summed E-state index contributed by atoms with van der Waals surface area (Å²) in [7, 11) is 1.64. The summed E-state index contributed by atoms with van der Waals surface area (Å²) in [6, 6.07) is 17.5. The number of hydrogen-bond acceptors (Lipinski definition) is 4. The van der Waals surface area contributed by atoms with Crippen molar-refractivity contribution in [2.24, 2.45) is 0 Å². The lowest BCUT2D eigenvalue weighted by Gasteiger charge is -2.14. The maximum atomic E-state index is 5.38. The first-order chi connectivity index (χ1) is 9.81. The predicted octanol–water partition coefficient (Wildman–Crippen LogP) is 2.85. The summed E-state index contributed by atoms with van der Waals surface area (Å²) >= 11 is 5.28. The van der Waals surface area contributed by atoms with E-state index < -0.39 is 0 Å². The van der Waals surface area contributed by atoms with Gasteiger partial charge in [0.15, 0.2) is 5.82 Å². The molecule has 0 unspecified atom stereocenters. The van der Waals surface area contributed by atoms with Crippen LogP contribution in [-0.2, 0) is 12.6 Å². The third-order valence-corrected chi connectivity index (χ3v) is 3.26. The zero-order valence-corrected chi connectivity index (χ0v) is 11.7. The average Bonchev–Trinajstić information content (AvgIpc) is 2.89. The largest absolute Gasteiger partial charge is 0.740 e. The first-order valence-electron chi connectivity index (χ1n) is 6.12. The molecule has 20 heavy (non-hydrogen) atoms. The Bertz CT molecular complexity index is 725. The Labute approximate surface area is 122 Å². The highest BCUT2D eigenvalue weighted by molar-refractivity contribution is 7.58. The molecule has 5 heteroatoms. The third kappa shape index (κ3) is 2.12. The molecule has 0 bridgehead atoms. The van der Waals surface area contributed by atoms with E-state index in [2.05, 4.69) is 10.2 Å². The molecule has 100 valence electrons. The van der Waals surface area contributed by atoms with Crippen molar-refractivity contribution in [2.45, 2.75) is 5.16 Å². The fourth-order valence-electron chi connectivity index (χ4n) is 2.08. The highest BCUT2D eigenvalue weighted by Gasteiger charge is 2.13. The van der Waals surface area contributed by atoms with Crippen LogP contribution >= 0.6 is 0 Å². The lowest BCUT2D eigenvalue weighted by atomic mass is 10.2. The Kier molecular flexibility index (Phi) is 3.35. The number of methoxy groups -OCH3 is 1. The third-order valence-electron chi connectivity index (χ3n) is 3.00. The lowest BCUT2D eigenvalue weighted by molar-refractivity contribution is 0.416. The van der Waals surface area contributed by atoms with E-state index in [0.29, 0.717) is 11.0 Å². The quantitative estimate of drug-likeness (QED) is 0.693. The second-order valence-corrected chi connectivity index (χ2v) is 4.54. The minimum Gasteiger partial charge on any atom is -0.740 e. The van der Waals surface area contributed by atoms with Crippen LogP contribution in [0.1, 0.15) is 0 Å². The summed E-state index contributed by atoms with van der Waals surface area (Å²) in [6.07, 6.45) is 0. The number of hydrogen-bond donors (Lipinski definition) is 0. The first kappa shape index (κ1) is 12.6. The van der Waals surface area contributed by atoms with Gasteiger partial charge < -0.3 is 17.4 Å². The van der Waals surface area contributed by atoms with E-state index in [0.717, 1.165) is 17.0 Å². The smallest absolute Gasteiger partial charge is 0.170 e. The van der Waals surface area contributed by atoms with Gasteiger partial charge in [-0.2, -0.15) is 5.10 Å². The molecule has 3 aromatic rings. The van der Waals surface area contributed by atoms with Crippen LogP contribution in [0.5, 0.6) is 5.75 Å². The normalized spacial score (nSPS) is 10.4. The van der Waals surface area contributed by atoms with E-state index >= 15 is 0 Å². The zero-order valence-electron chi connectivity index (χ0n) is 10.9. The number of para-hydroxylation sites is 2. The summed E-state index contributed by atoms with van der Waals surface area (Å²) in [5, 5.41) is 8.64. The zero-order chi connectivity index (χ0) is 13.9. The Balaban J connectivity index is 2.22. The van der Waals surface area contributed by atoms with Crippen molar-refractivity contribution >= 4 is 12.6 Å². The molecule has 0 N–H and O–H groups in total. The molecule has 0 radical (unpaired) electrons. The molecule has 0 fully saturated rings. The fourth-order valence-corrected chi connectivity index (χ4v) is 2.32. The molecular weight excluding hydrogens is 270 g/mol. The summed E-state index contributed by atoms with van der Waals surface area (Å²) in [5.41, 5.74) is 1.80. The van der Waals surface area contributed by atoms with Gasteiger partial charge >= 0.3 is 0 Å². The van der Waals surface area contributed by atoms with Crippen molar-refractivity contribution in [2.75, 3.05) is 7.11 Å². The highest BCUT2D eigenvalue weighted by atomic mass is 32.1. The van der Waals surface area contributed by atoms with E-state index in [1.165, 1.54) is 0 Å². The van der Waals surface area contributed by atoms with Crippen molar-refractivity contribution < 1.29 is 4.74 Å². The second-order valence-electron chi connectivity index (χ2n) is 4.18. The second kappa shape index (κ2) is 5.30. The van der Waals surface area contributed by atoms with Crippen molar-refractivity contribution in [3.63, 3.8) is 0 Å². The minimum absolute atomic E-state index is 0.428. The number of ether oxygens (including phenoxy) is 1. The molecule has 0 atom stereocenters. The van der Waals surface area contributed by atoms with Crippen LogP contribution in [0, 0.1) is 0 Å². The highest BCUT2D eigenvalue weighted by Crippen LogP contribution is 2.30. The van der Waals surface area contributed by atoms with E-state index in [4.69, 9.17) is 17.4 Å². The topological polar surface area (TPSA) is 39.9 Å². The Morgan fingerprint density at radius 2 is 1.65 bits per heavy atom. The molecule has 0 amide bonds. The first-order valence-corrected chi connectivity index (χ1v) is 6.53. The van der Waals surface area contributed by atoms with Gasteiger partial charge in [0, 0.05) is 10.8 Å². The summed E-state index contributed by atoms with van der Waals surface area (Å²) in [6.45, 7) is 0.